The first kappa shape index (κ1) is 34.7. The molecule has 2 aromatic heterocycles. The van der Waals surface area contributed by atoms with Gasteiger partial charge in [0.15, 0.2) is 0 Å². The van der Waals surface area contributed by atoms with Gasteiger partial charge in [-0.25, -0.2) is 4.98 Å². The lowest BCUT2D eigenvalue weighted by molar-refractivity contribution is -0.143. The van der Waals surface area contributed by atoms with E-state index in [1.807, 2.05) is 4.90 Å². The molecular weight excluding hydrogens is 645 g/mol. The number of benzene rings is 1. The summed E-state index contributed by atoms with van der Waals surface area (Å²) in [6, 6.07) is 2.02. The summed E-state index contributed by atoms with van der Waals surface area (Å²) in [7, 11) is 1.39. The molecule has 5 rings (SSSR count). The Kier molecular flexibility index (Phi) is 9.94. The maximum atomic E-state index is 13.9. The average Bonchev–Trinajstić information content (AvgIpc) is 3.65. The number of rotatable bonds is 9. The smallest absolute Gasteiger partial charge is 0.396 e. The average molecular weight is 680 g/mol. The van der Waals surface area contributed by atoms with Crippen LogP contribution in [0.25, 0.3) is 0 Å². The van der Waals surface area contributed by atoms with Crippen molar-refractivity contribution in [3.05, 3.63) is 58.3 Å². The Morgan fingerprint density at radius 1 is 0.830 bits per heavy atom. The maximum absolute atomic E-state index is 13.9. The number of hydrogen-bond acceptors (Lipinski definition) is 7. The number of aliphatic hydroxyl groups is 1. The number of tetrazole rings is 1. The fourth-order valence-corrected chi connectivity index (χ4v) is 6.76. The summed E-state index contributed by atoms with van der Waals surface area (Å²) < 4.78 is 124. The molecule has 0 unspecified atom stereocenters. The Morgan fingerprint density at radius 2 is 1.47 bits per heavy atom. The van der Waals surface area contributed by atoms with E-state index in [1.165, 1.54) is 11.9 Å². The van der Waals surface area contributed by atoms with Crippen LogP contribution in [0.15, 0.2) is 30.5 Å². The highest BCUT2D eigenvalue weighted by Crippen LogP contribution is 2.42. The van der Waals surface area contributed by atoms with Gasteiger partial charge in [0.25, 0.3) is 5.95 Å². The van der Waals surface area contributed by atoms with Crippen LogP contribution in [-0.4, -0.2) is 49.5 Å². The lowest BCUT2D eigenvalue weighted by atomic mass is 9.77. The van der Waals surface area contributed by atoms with Crippen LogP contribution in [-0.2, 0) is 38.7 Å². The van der Waals surface area contributed by atoms with E-state index in [9.17, 15) is 44.6 Å². The number of halogens is 9. The molecule has 3 aromatic rings. The van der Waals surface area contributed by atoms with Crippen LogP contribution < -0.4 is 9.80 Å². The van der Waals surface area contributed by atoms with Gasteiger partial charge in [0.2, 0.25) is 0 Å². The molecule has 1 N–H and O–H groups in total. The van der Waals surface area contributed by atoms with E-state index in [-0.39, 0.29) is 42.0 Å². The Bertz CT molecular complexity index is 1480. The maximum Gasteiger partial charge on any atom is 0.417 e. The van der Waals surface area contributed by atoms with Crippen molar-refractivity contribution in [1.82, 2.24) is 25.2 Å². The van der Waals surface area contributed by atoms with Crippen LogP contribution >= 0.6 is 0 Å². The van der Waals surface area contributed by atoms with Crippen molar-refractivity contribution in [2.75, 3.05) is 23.0 Å². The molecule has 2 aliphatic rings. The molecule has 1 atom stereocenters. The zero-order chi connectivity index (χ0) is 34.1. The molecule has 0 spiro atoms. The molecule has 1 aromatic carbocycles. The first-order chi connectivity index (χ1) is 22.0. The molecule has 1 aliphatic heterocycles. The minimum Gasteiger partial charge on any atom is -0.396 e. The molecule has 0 radical (unpaired) electrons. The van der Waals surface area contributed by atoms with Gasteiger partial charge in [-0.15, -0.1) is 5.10 Å². The van der Waals surface area contributed by atoms with Crippen molar-refractivity contribution in [3.63, 3.8) is 0 Å². The van der Waals surface area contributed by atoms with E-state index in [0.29, 0.717) is 31.0 Å². The SMILES string of the molecule is Cn1nnc(N(Cc2cc(C(F)(F)F)cc(C(F)(F)F)c2)Cc2cc(C(F)(F)F)cnc2N2CCC[C@@H]2[C@H]2CC[C@H](CCO)CC2)n1. The van der Waals surface area contributed by atoms with E-state index < -0.39 is 53.9 Å². The number of anilines is 2. The Morgan fingerprint density at radius 3 is 2.02 bits per heavy atom. The number of aryl methyl sites for hydroxylation is 1. The summed E-state index contributed by atoms with van der Waals surface area (Å²) in [5.74, 6) is 0.703. The normalized spacial score (nSPS) is 21.0. The van der Waals surface area contributed by atoms with Crippen LogP contribution in [0.4, 0.5) is 51.3 Å². The van der Waals surface area contributed by atoms with Gasteiger partial charge in [0.1, 0.15) is 5.82 Å². The molecule has 47 heavy (non-hydrogen) atoms. The standard InChI is InChI=1S/C30H34F9N7O/c1-44-42-27(41-43-44)45(16-19-11-22(28(31,32)33)14-23(12-19)29(34,35)36)17-21-13-24(30(37,38)39)15-40-26(21)46-9-2-3-25(46)20-6-4-18(5-7-20)8-10-47/h11-15,18,20,25,47H,2-10,16-17H2,1H3/t18-,20-,25-/m1/s1. The molecular formula is C30H34F9N7O. The number of aromatic nitrogens is 5. The molecule has 2 fully saturated rings. The topological polar surface area (TPSA) is 83.2 Å². The number of aliphatic hydroxyl groups excluding tert-OH is 1. The summed E-state index contributed by atoms with van der Waals surface area (Å²) in [4.78, 5) is 8.44. The lowest BCUT2D eigenvalue weighted by Crippen LogP contribution is -2.39. The van der Waals surface area contributed by atoms with Crippen LogP contribution in [0, 0.1) is 11.8 Å². The lowest BCUT2D eigenvalue weighted by Gasteiger charge is -2.38. The second kappa shape index (κ2) is 13.5. The van der Waals surface area contributed by atoms with Gasteiger partial charge >= 0.3 is 18.5 Å². The first-order valence-corrected chi connectivity index (χ1v) is 15.2. The highest BCUT2D eigenvalue weighted by atomic mass is 19.4. The third kappa shape index (κ3) is 8.27. The second-order valence-electron chi connectivity index (χ2n) is 12.2. The zero-order valence-electron chi connectivity index (χ0n) is 25.4. The molecule has 258 valence electrons. The van der Waals surface area contributed by atoms with Gasteiger partial charge in [-0.1, -0.05) is 17.9 Å². The van der Waals surface area contributed by atoms with E-state index in [2.05, 4.69) is 20.4 Å². The minimum absolute atomic E-state index is 0.00797. The molecule has 8 nitrogen and oxygen atoms in total. The monoisotopic (exact) mass is 679 g/mol. The van der Waals surface area contributed by atoms with E-state index in [1.54, 1.807) is 0 Å². The first-order valence-electron chi connectivity index (χ1n) is 15.2. The van der Waals surface area contributed by atoms with Crippen LogP contribution in [0.5, 0.6) is 0 Å². The number of nitrogens with zero attached hydrogens (tertiary/aromatic N) is 7. The fraction of sp³-hybridized carbons (Fsp3) is 0.600. The van der Waals surface area contributed by atoms with Gasteiger partial charge in [-0.2, -0.15) is 44.3 Å². The number of alkyl halides is 9. The van der Waals surface area contributed by atoms with Gasteiger partial charge in [0.05, 0.1) is 23.7 Å². The fourth-order valence-electron chi connectivity index (χ4n) is 6.76. The zero-order valence-corrected chi connectivity index (χ0v) is 25.4. The van der Waals surface area contributed by atoms with Crippen molar-refractivity contribution in [3.8, 4) is 0 Å². The quantitative estimate of drug-likeness (QED) is 0.244. The van der Waals surface area contributed by atoms with Crippen molar-refractivity contribution in [1.29, 1.82) is 0 Å². The van der Waals surface area contributed by atoms with Gasteiger partial charge < -0.3 is 14.9 Å². The highest BCUT2D eigenvalue weighted by molar-refractivity contribution is 5.52. The summed E-state index contributed by atoms with van der Waals surface area (Å²) in [5.41, 5.74) is -4.44. The third-order valence-electron chi connectivity index (χ3n) is 8.98. The van der Waals surface area contributed by atoms with Crippen LogP contribution in [0.2, 0.25) is 0 Å². The van der Waals surface area contributed by atoms with Crippen molar-refractivity contribution in [2.45, 2.75) is 82.6 Å². The predicted octanol–water partition coefficient (Wildman–Crippen LogP) is 7.03. The molecule has 1 aliphatic carbocycles. The Labute approximate surface area is 264 Å². The number of hydrogen-bond donors (Lipinski definition) is 1. The van der Waals surface area contributed by atoms with Crippen molar-refractivity contribution < 1.29 is 44.6 Å². The van der Waals surface area contributed by atoms with E-state index >= 15 is 0 Å². The minimum atomic E-state index is -5.09. The summed E-state index contributed by atoms with van der Waals surface area (Å²) in [6.45, 7) is -0.397. The predicted molar refractivity (Wildman–Crippen MR) is 152 cm³/mol. The molecule has 3 heterocycles. The van der Waals surface area contributed by atoms with Gasteiger partial charge in [0, 0.05) is 44.0 Å². The van der Waals surface area contributed by atoms with Crippen molar-refractivity contribution in [2.24, 2.45) is 18.9 Å². The Hall–Kier alpha value is -3.63. The molecule has 17 heteroatoms. The van der Waals surface area contributed by atoms with Gasteiger partial charge in [-0.3, -0.25) is 0 Å². The third-order valence-corrected chi connectivity index (χ3v) is 8.98. The van der Waals surface area contributed by atoms with Crippen LogP contribution in [0.3, 0.4) is 0 Å². The largest absolute Gasteiger partial charge is 0.417 e. The molecule has 0 amide bonds. The van der Waals surface area contributed by atoms with Crippen molar-refractivity contribution >= 4 is 11.8 Å². The summed E-state index contributed by atoms with van der Waals surface area (Å²) in [6.07, 6.45) is -8.33. The number of pyridine rings is 1. The highest BCUT2D eigenvalue weighted by Gasteiger charge is 2.39. The van der Waals surface area contributed by atoms with Crippen LogP contribution in [0.1, 0.15) is 72.8 Å². The Balaban J connectivity index is 1.53. The molecule has 0 bridgehead atoms. The molecule has 1 saturated heterocycles. The summed E-state index contributed by atoms with van der Waals surface area (Å²) >= 11 is 0. The van der Waals surface area contributed by atoms with E-state index in [0.717, 1.165) is 55.6 Å². The van der Waals surface area contributed by atoms with E-state index in [4.69, 9.17) is 0 Å². The van der Waals surface area contributed by atoms with Gasteiger partial charge in [-0.05, 0) is 79.0 Å². The summed E-state index contributed by atoms with van der Waals surface area (Å²) in [5, 5.41) is 21.0. The molecule has 1 saturated carbocycles. The second-order valence-corrected chi connectivity index (χ2v) is 12.2.